The van der Waals surface area contributed by atoms with Crippen molar-refractivity contribution in [2.75, 3.05) is 18.4 Å². The van der Waals surface area contributed by atoms with Crippen molar-refractivity contribution >= 4 is 5.82 Å². The lowest BCUT2D eigenvalue weighted by atomic mass is 10.3. The van der Waals surface area contributed by atoms with Gasteiger partial charge >= 0.3 is 0 Å². The van der Waals surface area contributed by atoms with E-state index in [0.717, 1.165) is 30.3 Å². The lowest BCUT2D eigenvalue weighted by Gasteiger charge is -2.05. The third kappa shape index (κ3) is 2.99. The van der Waals surface area contributed by atoms with Gasteiger partial charge in [0.05, 0.1) is 0 Å². The van der Waals surface area contributed by atoms with Crippen LogP contribution < -0.4 is 11.1 Å². The second-order valence-corrected chi connectivity index (χ2v) is 2.86. The molecule has 0 aliphatic carbocycles. The summed E-state index contributed by atoms with van der Waals surface area (Å²) in [7, 11) is 0. The lowest BCUT2D eigenvalue weighted by molar-refractivity contribution is 0.934. The van der Waals surface area contributed by atoms with Gasteiger partial charge in [-0.25, -0.2) is 9.97 Å². The minimum absolute atomic E-state index is 0.616. The van der Waals surface area contributed by atoms with Gasteiger partial charge in [-0.3, -0.25) is 0 Å². The second kappa shape index (κ2) is 4.77. The molecular weight excluding hydrogens is 164 g/mol. The maximum atomic E-state index is 5.38. The van der Waals surface area contributed by atoms with Crippen molar-refractivity contribution < 1.29 is 0 Å². The van der Waals surface area contributed by atoms with Gasteiger partial charge in [0.25, 0.3) is 0 Å². The normalized spacial score (nSPS) is 10.1. The van der Waals surface area contributed by atoms with Gasteiger partial charge in [0.2, 0.25) is 0 Å². The van der Waals surface area contributed by atoms with Crippen molar-refractivity contribution in [1.82, 2.24) is 9.97 Å². The average Bonchev–Trinajstić information content (AvgIpc) is 2.14. The molecule has 0 bridgehead atoms. The van der Waals surface area contributed by atoms with Crippen molar-refractivity contribution in [2.45, 2.75) is 20.3 Å². The topological polar surface area (TPSA) is 63.8 Å². The standard InChI is InChI=1S/C9H16N4/c1-3-8-6-9(11-5-4-10)13-7(2)12-8/h6H,3-5,10H2,1-2H3,(H,11,12,13). The number of aryl methyl sites for hydroxylation is 2. The summed E-state index contributed by atoms with van der Waals surface area (Å²) in [6.07, 6.45) is 0.931. The first kappa shape index (κ1) is 9.92. The maximum Gasteiger partial charge on any atom is 0.129 e. The minimum atomic E-state index is 0.616. The van der Waals surface area contributed by atoms with Crippen LogP contribution in [0.25, 0.3) is 0 Å². The first-order valence-corrected chi connectivity index (χ1v) is 4.54. The third-order valence-corrected chi connectivity index (χ3v) is 1.70. The summed E-state index contributed by atoms with van der Waals surface area (Å²) in [5.74, 6) is 1.67. The average molecular weight is 180 g/mol. The Morgan fingerprint density at radius 1 is 1.46 bits per heavy atom. The highest BCUT2D eigenvalue weighted by molar-refractivity contribution is 5.35. The fraction of sp³-hybridized carbons (Fsp3) is 0.556. The molecule has 4 nitrogen and oxygen atoms in total. The van der Waals surface area contributed by atoms with Gasteiger partial charge in [-0.1, -0.05) is 6.92 Å². The van der Waals surface area contributed by atoms with Crippen molar-refractivity contribution in [2.24, 2.45) is 5.73 Å². The summed E-state index contributed by atoms with van der Waals surface area (Å²) in [6, 6.07) is 1.96. The zero-order chi connectivity index (χ0) is 9.68. The van der Waals surface area contributed by atoms with Crippen LogP contribution in [0.5, 0.6) is 0 Å². The monoisotopic (exact) mass is 180 g/mol. The first-order chi connectivity index (χ1) is 6.26. The number of anilines is 1. The Morgan fingerprint density at radius 3 is 2.85 bits per heavy atom. The zero-order valence-corrected chi connectivity index (χ0v) is 8.17. The fourth-order valence-electron chi connectivity index (χ4n) is 1.10. The highest BCUT2D eigenvalue weighted by Gasteiger charge is 1.98. The van der Waals surface area contributed by atoms with E-state index in [0.29, 0.717) is 6.54 Å². The van der Waals surface area contributed by atoms with E-state index < -0.39 is 0 Å². The van der Waals surface area contributed by atoms with Gasteiger partial charge < -0.3 is 11.1 Å². The molecule has 0 aromatic carbocycles. The summed E-state index contributed by atoms with van der Waals surface area (Å²) in [5.41, 5.74) is 6.44. The van der Waals surface area contributed by atoms with Crippen molar-refractivity contribution in [3.63, 3.8) is 0 Å². The number of nitrogens with two attached hydrogens (primary N) is 1. The molecule has 0 aliphatic rings. The van der Waals surface area contributed by atoms with E-state index in [1.165, 1.54) is 0 Å². The van der Waals surface area contributed by atoms with E-state index >= 15 is 0 Å². The molecule has 1 aromatic heterocycles. The van der Waals surface area contributed by atoms with Crippen molar-refractivity contribution in [3.05, 3.63) is 17.6 Å². The number of nitrogens with one attached hydrogen (secondary N) is 1. The maximum absolute atomic E-state index is 5.38. The van der Waals surface area contributed by atoms with Crippen LogP contribution in [0.4, 0.5) is 5.82 Å². The van der Waals surface area contributed by atoms with E-state index in [1.54, 1.807) is 0 Å². The highest BCUT2D eigenvalue weighted by Crippen LogP contribution is 2.06. The minimum Gasteiger partial charge on any atom is -0.369 e. The Morgan fingerprint density at radius 2 is 2.23 bits per heavy atom. The predicted octanol–water partition coefficient (Wildman–Crippen LogP) is 0.718. The van der Waals surface area contributed by atoms with Gasteiger partial charge in [-0.15, -0.1) is 0 Å². The largest absolute Gasteiger partial charge is 0.369 e. The van der Waals surface area contributed by atoms with E-state index in [9.17, 15) is 0 Å². The number of aromatic nitrogens is 2. The van der Waals surface area contributed by atoms with Gasteiger partial charge in [0, 0.05) is 24.8 Å². The third-order valence-electron chi connectivity index (χ3n) is 1.70. The SMILES string of the molecule is CCc1cc(NCCN)nc(C)n1. The van der Waals surface area contributed by atoms with E-state index in [2.05, 4.69) is 22.2 Å². The van der Waals surface area contributed by atoms with Gasteiger partial charge in [-0.2, -0.15) is 0 Å². The Hall–Kier alpha value is -1.16. The number of hydrogen-bond acceptors (Lipinski definition) is 4. The quantitative estimate of drug-likeness (QED) is 0.716. The van der Waals surface area contributed by atoms with Crippen LogP contribution in [-0.2, 0) is 6.42 Å². The summed E-state index contributed by atoms with van der Waals surface area (Å²) in [4.78, 5) is 8.52. The Bertz CT molecular complexity index is 272. The molecule has 0 saturated carbocycles. The van der Waals surface area contributed by atoms with E-state index in [1.807, 2.05) is 13.0 Å². The molecule has 0 fully saturated rings. The molecule has 1 heterocycles. The summed E-state index contributed by atoms with van der Waals surface area (Å²) < 4.78 is 0. The van der Waals surface area contributed by atoms with Crippen LogP contribution in [0.15, 0.2) is 6.07 Å². The molecule has 72 valence electrons. The van der Waals surface area contributed by atoms with Gasteiger partial charge in [0.1, 0.15) is 11.6 Å². The molecule has 0 atom stereocenters. The molecular formula is C9H16N4. The predicted molar refractivity (Wildman–Crippen MR) is 53.7 cm³/mol. The van der Waals surface area contributed by atoms with Crippen LogP contribution in [0.2, 0.25) is 0 Å². The number of rotatable bonds is 4. The molecule has 0 unspecified atom stereocenters. The Kier molecular flexibility index (Phi) is 3.64. The van der Waals surface area contributed by atoms with Crippen LogP contribution in [0.1, 0.15) is 18.4 Å². The Balaban J connectivity index is 2.76. The van der Waals surface area contributed by atoms with Crippen LogP contribution in [0.3, 0.4) is 0 Å². The van der Waals surface area contributed by atoms with Crippen LogP contribution >= 0.6 is 0 Å². The highest BCUT2D eigenvalue weighted by atomic mass is 15.0. The van der Waals surface area contributed by atoms with E-state index in [-0.39, 0.29) is 0 Å². The number of nitrogens with zero attached hydrogens (tertiary/aromatic N) is 2. The zero-order valence-electron chi connectivity index (χ0n) is 8.17. The molecule has 0 spiro atoms. The second-order valence-electron chi connectivity index (χ2n) is 2.86. The van der Waals surface area contributed by atoms with E-state index in [4.69, 9.17) is 5.73 Å². The summed E-state index contributed by atoms with van der Waals surface area (Å²) in [5, 5.41) is 3.13. The summed E-state index contributed by atoms with van der Waals surface area (Å²) >= 11 is 0. The molecule has 1 aromatic rings. The summed E-state index contributed by atoms with van der Waals surface area (Å²) in [6.45, 7) is 5.34. The first-order valence-electron chi connectivity index (χ1n) is 4.54. The van der Waals surface area contributed by atoms with Crippen molar-refractivity contribution in [3.8, 4) is 0 Å². The molecule has 4 heteroatoms. The molecule has 13 heavy (non-hydrogen) atoms. The molecule has 0 radical (unpaired) electrons. The molecule has 0 saturated heterocycles. The van der Waals surface area contributed by atoms with Gasteiger partial charge in [0.15, 0.2) is 0 Å². The fourth-order valence-corrected chi connectivity index (χ4v) is 1.10. The van der Waals surface area contributed by atoms with Crippen molar-refractivity contribution in [1.29, 1.82) is 0 Å². The molecule has 0 aliphatic heterocycles. The lowest BCUT2D eigenvalue weighted by Crippen LogP contribution is -2.14. The van der Waals surface area contributed by atoms with Crippen LogP contribution in [-0.4, -0.2) is 23.1 Å². The Labute approximate surface area is 78.6 Å². The molecule has 1 rings (SSSR count). The van der Waals surface area contributed by atoms with Crippen LogP contribution in [0, 0.1) is 6.92 Å². The van der Waals surface area contributed by atoms with Gasteiger partial charge in [-0.05, 0) is 13.3 Å². The molecule has 3 N–H and O–H groups in total. The molecule has 0 amide bonds. The smallest absolute Gasteiger partial charge is 0.129 e. The number of hydrogen-bond donors (Lipinski definition) is 2.